The molecule has 0 unspecified atom stereocenters. The molecule has 0 saturated carbocycles. The zero-order valence-corrected chi connectivity index (χ0v) is 18.1. The van der Waals surface area contributed by atoms with E-state index in [9.17, 15) is 14.4 Å². The molecular weight excluding hydrogens is 410 g/mol. The Morgan fingerprint density at radius 3 is 2.57 bits per heavy atom. The van der Waals surface area contributed by atoms with Crippen molar-refractivity contribution < 1.29 is 23.9 Å². The number of hydrogen-bond acceptors (Lipinski definition) is 6. The van der Waals surface area contributed by atoms with Crippen molar-refractivity contribution in [3.8, 4) is 0 Å². The Balaban J connectivity index is 1.37. The summed E-state index contributed by atoms with van der Waals surface area (Å²) in [7, 11) is 0. The highest BCUT2D eigenvalue weighted by Gasteiger charge is 2.51. The molecule has 0 aliphatic carbocycles. The van der Waals surface area contributed by atoms with Gasteiger partial charge in [0.2, 0.25) is 5.91 Å². The highest BCUT2D eigenvalue weighted by atomic mass is 35.5. The molecule has 2 saturated heterocycles. The number of rotatable bonds is 8. The summed E-state index contributed by atoms with van der Waals surface area (Å²) in [5.41, 5.74) is 0.991. The van der Waals surface area contributed by atoms with Crippen LogP contribution in [0.25, 0.3) is 0 Å². The van der Waals surface area contributed by atoms with Crippen molar-refractivity contribution in [2.45, 2.75) is 32.5 Å². The summed E-state index contributed by atoms with van der Waals surface area (Å²) in [4.78, 5) is 40.2. The maximum Gasteiger partial charge on any atom is 0.338 e. The van der Waals surface area contributed by atoms with Crippen LogP contribution < -0.4 is 10.2 Å². The number of halogens is 1. The first kappa shape index (κ1) is 22.4. The number of amides is 2. The number of esters is 1. The molecule has 0 radical (unpaired) electrons. The molecule has 164 valence electrons. The zero-order valence-electron chi connectivity index (χ0n) is 17.3. The molecule has 9 heteroatoms. The van der Waals surface area contributed by atoms with Crippen molar-refractivity contribution in [1.29, 1.82) is 0 Å². The summed E-state index contributed by atoms with van der Waals surface area (Å²) < 4.78 is 9.91. The number of nitrogens with one attached hydrogen (secondary N) is 1. The number of epoxide rings is 1. The standard InChI is InChI=1S/C21H28ClN3O5/c1-3-29-21(28)19-18(30-19)20(27)23-13-14(2)12-17(26)25-10-8-24(9-11-25)16-7-5-4-6-15(16)22/h4-7,14,18-19H,3,8-13H2,1-2H3,(H,23,27)/t14-,18-,19-/m0/s1. The van der Waals surface area contributed by atoms with Gasteiger partial charge in [-0.2, -0.15) is 0 Å². The highest BCUT2D eigenvalue weighted by molar-refractivity contribution is 6.33. The molecule has 0 bridgehead atoms. The summed E-state index contributed by atoms with van der Waals surface area (Å²) in [5.74, 6) is -0.817. The van der Waals surface area contributed by atoms with Crippen molar-refractivity contribution in [3.05, 3.63) is 29.3 Å². The largest absolute Gasteiger partial charge is 0.464 e. The van der Waals surface area contributed by atoms with Crippen LogP contribution >= 0.6 is 11.6 Å². The van der Waals surface area contributed by atoms with Crippen molar-refractivity contribution in [2.24, 2.45) is 5.92 Å². The van der Waals surface area contributed by atoms with Crippen LogP contribution in [0.5, 0.6) is 0 Å². The summed E-state index contributed by atoms with van der Waals surface area (Å²) in [6, 6.07) is 7.71. The van der Waals surface area contributed by atoms with Gasteiger partial charge in [0.25, 0.3) is 5.91 Å². The van der Waals surface area contributed by atoms with E-state index >= 15 is 0 Å². The van der Waals surface area contributed by atoms with Crippen LogP contribution in [0.15, 0.2) is 24.3 Å². The second-order valence-electron chi connectivity index (χ2n) is 7.60. The molecule has 2 heterocycles. The van der Waals surface area contributed by atoms with Gasteiger partial charge in [0.05, 0.1) is 17.3 Å². The molecule has 1 aromatic carbocycles. The number of anilines is 1. The molecule has 1 aromatic rings. The molecule has 2 aliphatic rings. The van der Waals surface area contributed by atoms with Gasteiger partial charge in [0.15, 0.2) is 12.2 Å². The van der Waals surface area contributed by atoms with E-state index in [4.69, 9.17) is 21.1 Å². The molecule has 0 aromatic heterocycles. The Bertz CT molecular complexity index is 782. The summed E-state index contributed by atoms with van der Waals surface area (Å²) in [6.45, 7) is 6.95. The molecule has 3 rings (SSSR count). The van der Waals surface area contributed by atoms with Gasteiger partial charge in [-0.15, -0.1) is 0 Å². The van der Waals surface area contributed by atoms with Gasteiger partial charge in [0.1, 0.15) is 0 Å². The van der Waals surface area contributed by atoms with E-state index in [0.717, 1.165) is 18.8 Å². The van der Waals surface area contributed by atoms with Crippen molar-refractivity contribution in [2.75, 3.05) is 44.2 Å². The number of para-hydroxylation sites is 1. The topological polar surface area (TPSA) is 91.5 Å². The Hall–Kier alpha value is -2.32. The lowest BCUT2D eigenvalue weighted by atomic mass is 10.1. The maximum atomic E-state index is 12.6. The first-order valence-corrected chi connectivity index (χ1v) is 10.7. The third kappa shape index (κ3) is 5.64. The lowest BCUT2D eigenvalue weighted by molar-refractivity contribution is -0.144. The quantitative estimate of drug-likeness (QED) is 0.489. The maximum absolute atomic E-state index is 12.6. The highest BCUT2D eigenvalue weighted by Crippen LogP contribution is 2.26. The van der Waals surface area contributed by atoms with Crippen LogP contribution in [-0.4, -0.2) is 74.2 Å². The van der Waals surface area contributed by atoms with Crippen molar-refractivity contribution in [3.63, 3.8) is 0 Å². The van der Waals surface area contributed by atoms with Gasteiger partial charge in [-0.3, -0.25) is 9.59 Å². The van der Waals surface area contributed by atoms with Crippen molar-refractivity contribution >= 4 is 35.1 Å². The van der Waals surface area contributed by atoms with Gasteiger partial charge in [0, 0.05) is 39.1 Å². The summed E-state index contributed by atoms with van der Waals surface area (Å²) in [6.07, 6.45) is -1.25. The lowest BCUT2D eigenvalue weighted by Crippen LogP contribution is -2.49. The number of hydrogen-bond donors (Lipinski definition) is 1. The second-order valence-corrected chi connectivity index (χ2v) is 8.01. The van der Waals surface area contributed by atoms with E-state index in [1.54, 1.807) is 6.92 Å². The Morgan fingerprint density at radius 1 is 1.20 bits per heavy atom. The summed E-state index contributed by atoms with van der Waals surface area (Å²) >= 11 is 6.26. The Morgan fingerprint density at radius 2 is 1.90 bits per heavy atom. The van der Waals surface area contributed by atoms with E-state index in [0.29, 0.717) is 31.1 Å². The minimum atomic E-state index is -0.809. The fourth-order valence-corrected chi connectivity index (χ4v) is 3.75. The smallest absolute Gasteiger partial charge is 0.338 e. The van der Waals surface area contributed by atoms with Crippen LogP contribution in [0.4, 0.5) is 5.69 Å². The van der Waals surface area contributed by atoms with Crippen molar-refractivity contribution in [1.82, 2.24) is 10.2 Å². The number of ether oxygens (including phenoxy) is 2. The number of piperazine rings is 1. The predicted molar refractivity (Wildman–Crippen MR) is 112 cm³/mol. The van der Waals surface area contributed by atoms with Crippen LogP contribution in [0.3, 0.4) is 0 Å². The van der Waals surface area contributed by atoms with Gasteiger partial charge >= 0.3 is 5.97 Å². The van der Waals surface area contributed by atoms with E-state index in [2.05, 4.69) is 10.2 Å². The van der Waals surface area contributed by atoms with Gasteiger partial charge < -0.3 is 24.6 Å². The summed E-state index contributed by atoms with van der Waals surface area (Å²) in [5, 5.41) is 3.46. The van der Waals surface area contributed by atoms with Crippen LogP contribution in [0.2, 0.25) is 5.02 Å². The van der Waals surface area contributed by atoms with E-state index < -0.39 is 18.2 Å². The second kappa shape index (κ2) is 10.1. The minimum Gasteiger partial charge on any atom is -0.464 e. The third-order valence-corrected chi connectivity index (χ3v) is 5.56. The van der Waals surface area contributed by atoms with Gasteiger partial charge in [-0.05, 0) is 25.0 Å². The SMILES string of the molecule is CCOC(=O)[C@H]1O[C@@H]1C(=O)NC[C@@H](C)CC(=O)N1CCN(c2ccccc2Cl)CC1. The fourth-order valence-electron chi connectivity index (χ4n) is 3.50. The molecule has 8 nitrogen and oxygen atoms in total. The average Bonchev–Trinajstić information content (AvgIpc) is 3.54. The average molecular weight is 438 g/mol. The Kier molecular flexibility index (Phi) is 7.55. The molecule has 2 fully saturated rings. The number of nitrogens with zero attached hydrogens (tertiary/aromatic N) is 2. The fraction of sp³-hybridized carbons (Fsp3) is 0.571. The molecule has 2 aliphatic heterocycles. The number of carbonyl (C=O) groups is 3. The van der Waals surface area contributed by atoms with Crippen LogP contribution in [0.1, 0.15) is 20.3 Å². The van der Waals surface area contributed by atoms with Gasteiger partial charge in [-0.1, -0.05) is 30.7 Å². The van der Waals surface area contributed by atoms with Crippen LogP contribution in [0, 0.1) is 5.92 Å². The van der Waals surface area contributed by atoms with Gasteiger partial charge in [-0.25, -0.2) is 4.79 Å². The molecular formula is C21H28ClN3O5. The minimum absolute atomic E-state index is 0.0251. The van der Waals surface area contributed by atoms with E-state index in [-0.39, 0.29) is 24.3 Å². The molecule has 1 N–H and O–H groups in total. The normalized spacial score (nSPS) is 21.7. The number of carbonyl (C=O) groups excluding carboxylic acids is 3. The molecule has 30 heavy (non-hydrogen) atoms. The first-order valence-electron chi connectivity index (χ1n) is 10.3. The molecule has 2 amide bonds. The first-order chi connectivity index (χ1) is 14.4. The van der Waals surface area contributed by atoms with E-state index in [1.165, 1.54) is 0 Å². The monoisotopic (exact) mass is 437 g/mol. The number of benzene rings is 1. The third-order valence-electron chi connectivity index (χ3n) is 5.24. The lowest BCUT2D eigenvalue weighted by Gasteiger charge is -2.37. The van der Waals surface area contributed by atoms with Crippen LogP contribution in [-0.2, 0) is 23.9 Å². The molecule has 0 spiro atoms. The Labute approximate surface area is 181 Å². The predicted octanol–water partition coefficient (Wildman–Crippen LogP) is 1.46. The molecule has 3 atom stereocenters. The zero-order chi connectivity index (χ0) is 21.7. The van der Waals surface area contributed by atoms with E-state index in [1.807, 2.05) is 36.1 Å².